The Hall–Kier alpha value is -3.14. The Bertz CT molecular complexity index is 1230. The second-order valence-corrected chi connectivity index (χ2v) is 8.78. The number of benzene rings is 2. The molecule has 1 fully saturated rings. The van der Waals surface area contributed by atoms with E-state index < -0.39 is 52.8 Å². The molecule has 2 aromatic carbocycles. The Morgan fingerprint density at radius 1 is 1.11 bits per heavy atom. The summed E-state index contributed by atoms with van der Waals surface area (Å²) < 4.78 is 29.3. The van der Waals surface area contributed by atoms with Crippen LogP contribution in [0, 0.1) is 0 Å². The summed E-state index contributed by atoms with van der Waals surface area (Å²) >= 11 is 5.71. The van der Waals surface area contributed by atoms with Gasteiger partial charge in [0.15, 0.2) is 0 Å². The monoisotopic (exact) mass is 491 g/mol. The van der Waals surface area contributed by atoms with Crippen LogP contribution in [0.1, 0.15) is 27.0 Å². The van der Waals surface area contributed by atoms with Crippen LogP contribution < -0.4 is 5.32 Å². The first-order valence-electron chi connectivity index (χ1n) is 10.4. The van der Waals surface area contributed by atoms with Crippen molar-refractivity contribution in [3.8, 4) is 0 Å². The van der Waals surface area contributed by atoms with Gasteiger partial charge in [0.05, 0.1) is 15.7 Å². The second-order valence-electron chi connectivity index (χ2n) is 8.34. The predicted molar refractivity (Wildman–Crippen MR) is 124 cm³/mol. The molecule has 2 aliphatic rings. The van der Waals surface area contributed by atoms with Crippen molar-refractivity contribution < 1.29 is 28.0 Å². The van der Waals surface area contributed by atoms with Gasteiger partial charge in [-0.05, 0) is 41.0 Å². The average Bonchev–Trinajstić information content (AvgIpc) is 3.12. The van der Waals surface area contributed by atoms with Crippen LogP contribution in [-0.2, 0) is 33.4 Å². The molecule has 172 valence electrons. The largest absolute Gasteiger partial charge is 0.387 e. The Morgan fingerprint density at radius 3 is 2.43 bits per heavy atom. The molecule has 0 spiro atoms. The van der Waals surface area contributed by atoms with Crippen LogP contribution in [-0.4, -0.2) is 63.1 Å². The molecule has 4 rings (SSSR count). The van der Waals surface area contributed by atoms with Gasteiger partial charge >= 0.3 is 5.92 Å². The molecule has 3 unspecified atom stereocenters. The topological polar surface area (TPSA) is 86.8 Å². The summed E-state index contributed by atoms with van der Waals surface area (Å²) in [6.07, 6.45) is 0. The predicted octanol–water partition coefficient (Wildman–Crippen LogP) is 1.44. The van der Waals surface area contributed by atoms with E-state index in [1.54, 1.807) is 0 Å². The average molecular weight is 491 g/mol. The Balaban J connectivity index is 1.50. The standard InChI is InChI=1S/C22H15B3ClF2N3O4/c23-15-16(24)18(32)29-19(33)17(15)30-9-11-7-10(1-6-14(11)20(30)34)8-31(25)21(35)22(27,28)12-2-4-13(26)5-3-12/h1-7,15-17H,8-9H2,(H,29,32,33). The number of carbonyl (C=O) groups is 4. The van der Waals surface area contributed by atoms with Crippen LogP contribution in [0.25, 0.3) is 0 Å². The molecule has 7 nitrogen and oxygen atoms in total. The van der Waals surface area contributed by atoms with Crippen LogP contribution >= 0.6 is 11.6 Å². The minimum Gasteiger partial charge on any atom is -0.387 e. The maximum atomic E-state index is 14.6. The summed E-state index contributed by atoms with van der Waals surface area (Å²) in [7, 11) is 17.4. The minimum atomic E-state index is -3.89. The summed E-state index contributed by atoms with van der Waals surface area (Å²) in [5.74, 6) is -9.77. The fourth-order valence-electron chi connectivity index (χ4n) is 4.13. The van der Waals surface area contributed by atoms with Crippen molar-refractivity contribution in [2.75, 3.05) is 0 Å². The third kappa shape index (κ3) is 4.47. The number of nitrogens with one attached hydrogen (secondary N) is 1. The van der Waals surface area contributed by atoms with Gasteiger partial charge in [0.1, 0.15) is 6.04 Å². The highest BCUT2D eigenvalue weighted by Gasteiger charge is 2.46. The van der Waals surface area contributed by atoms with Crippen LogP contribution in [0.3, 0.4) is 0 Å². The lowest BCUT2D eigenvalue weighted by molar-refractivity contribution is -0.154. The van der Waals surface area contributed by atoms with Crippen LogP contribution in [0.2, 0.25) is 16.7 Å². The van der Waals surface area contributed by atoms with Crippen molar-refractivity contribution >= 4 is 58.9 Å². The number of nitrogens with zero attached hydrogens (tertiary/aromatic N) is 2. The number of carbonyl (C=O) groups excluding carboxylic acids is 4. The molecular formula is C22H15B3ClF2N3O4. The van der Waals surface area contributed by atoms with Crippen LogP contribution in [0.15, 0.2) is 42.5 Å². The van der Waals surface area contributed by atoms with Gasteiger partial charge in [0.25, 0.3) is 11.8 Å². The summed E-state index contributed by atoms with van der Waals surface area (Å²) in [5.41, 5.74) is 0.561. The third-order valence-corrected chi connectivity index (χ3v) is 6.28. The van der Waals surface area contributed by atoms with E-state index in [0.717, 1.165) is 12.1 Å². The first-order chi connectivity index (χ1) is 16.4. The Labute approximate surface area is 208 Å². The fraction of sp³-hybridized carbons (Fsp3) is 0.273. The molecule has 0 aromatic heterocycles. The lowest BCUT2D eigenvalue weighted by atomic mass is 9.60. The Kier molecular flexibility index (Phi) is 6.53. The fourth-order valence-corrected chi connectivity index (χ4v) is 4.25. The lowest BCUT2D eigenvalue weighted by Crippen LogP contribution is -2.57. The van der Waals surface area contributed by atoms with E-state index in [9.17, 15) is 28.0 Å². The molecule has 13 heteroatoms. The SMILES string of the molecule is [B]C1C(=O)NC(=O)C(N2Cc3cc(CN([B])C(=O)C(F)(F)c4ccc(Cl)cc4)ccc3C2=O)C1[B]. The van der Waals surface area contributed by atoms with Crippen molar-refractivity contribution in [1.82, 2.24) is 15.0 Å². The van der Waals surface area contributed by atoms with Gasteiger partial charge in [-0.15, -0.1) is 0 Å². The summed E-state index contributed by atoms with van der Waals surface area (Å²) in [6, 6.07) is 7.82. The van der Waals surface area contributed by atoms with Gasteiger partial charge in [-0.2, -0.15) is 8.78 Å². The molecule has 35 heavy (non-hydrogen) atoms. The van der Waals surface area contributed by atoms with E-state index in [-0.39, 0.29) is 23.7 Å². The van der Waals surface area contributed by atoms with Crippen LogP contribution in [0.5, 0.6) is 0 Å². The highest BCUT2D eigenvalue weighted by Crippen LogP contribution is 2.36. The first-order valence-corrected chi connectivity index (χ1v) is 10.8. The molecule has 0 saturated carbocycles. The zero-order chi connectivity index (χ0) is 25.7. The number of hydrogen-bond acceptors (Lipinski definition) is 4. The molecule has 4 amide bonds. The maximum absolute atomic E-state index is 14.6. The maximum Gasteiger partial charge on any atom is 0.348 e. The number of fused-ring (bicyclic) bond motifs is 1. The summed E-state index contributed by atoms with van der Waals surface area (Å²) in [4.78, 5) is 50.9. The first kappa shape index (κ1) is 25.0. The highest BCUT2D eigenvalue weighted by atomic mass is 35.5. The van der Waals surface area contributed by atoms with E-state index in [0.29, 0.717) is 15.9 Å². The smallest absolute Gasteiger partial charge is 0.348 e. The van der Waals surface area contributed by atoms with Crippen molar-refractivity contribution in [2.45, 2.75) is 36.7 Å². The number of amides is 4. The zero-order valence-electron chi connectivity index (χ0n) is 18.1. The molecule has 6 radical (unpaired) electrons. The summed E-state index contributed by atoms with van der Waals surface area (Å²) in [6.45, 7) is -0.402. The molecule has 0 bridgehead atoms. The van der Waals surface area contributed by atoms with E-state index >= 15 is 0 Å². The lowest BCUT2D eigenvalue weighted by Gasteiger charge is -2.38. The van der Waals surface area contributed by atoms with Crippen molar-refractivity contribution in [2.24, 2.45) is 0 Å². The number of imide groups is 1. The molecule has 3 atom stereocenters. The van der Waals surface area contributed by atoms with E-state index in [2.05, 4.69) is 5.32 Å². The second kappa shape index (κ2) is 9.15. The highest BCUT2D eigenvalue weighted by molar-refractivity contribution is 6.34. The molecule has 2 heterocycles. The normalized spacial score (nSPS) is 22.1. The van der Waals surface area contributed by atoms with Gasteiger partial charge in [-0.3, -0.25) is 24.5 Å². The van der Waals surface area contributed by atoms with E-state index in [1.807, 2.05) is 0 Å². The van der Waals surface area contributed by atoms with Crippen molar-refractivity contribution in [1.29, 1.82) is 0 Å². The number of alkyl halides is 2. The number of hydrogen-bond donors (Lipinski definition) is 1. The summed E-state index contributed by atoms with van der Waals surface area (Å²) in [5, 5.41) is 2.34. The van der Waals surface area contributed by atoms with Gasteiger partial charge in [-0.25, -0.2) is 0 Å². The number of piperidine rings is 1. The molecule has 0 aliphatic carbocycles. The molecule has 1 N–H and O–H groups in total. The minimum absolute atomic E-state index is 0.0336. The van der Waals surface area contributed by atoms with Crippen LogP contribution in [0.4, 0.5) is 8.78 Å². The van der Waals surface area contributed by atoms with E-state index in [4.69, 9.17) is 35.3 Å². The Morgan fingerprint density at radius 2 is 1.77 bits per heavy atom. The van der Waals surface area contributed by atoms with Gasteiger partial charge < -0.3 is 9.71 Å². The molecule has 1 saturated heterocycles. The van der Waals surface area contributed by atoms with Gasteiger partial charge in [-0.1, -0.05) is 35.9 Å². The van der Waals surface area contributed by atoms with Gasteiger partial charge in [0, 0.05) is 29.2 Å². The molecule has 2 aliphatic heterocycles. The molecular weight excluding hydrogens is 476 g/mol. The zero-order valence-corrected chi connectivity index (χ0v) is 18.8. The van der Waals surface area contributed by atoms with Crippen molar-refractivity contribution in [3.05, 3.63) is 69.7 Å². The molecule has 2 aromatic rings. The van der Waals surface area contributed by atoms with Crippen molar-refractivity contribution in [3.63, 3.8) is 0 Å². The number of rotatable bonds is 5. The van der Waals surface area contributed by atoms with Gasteiger partial charge in [0.2, 0.25) is 19.8 Å². The number of halogens is 3. The quantitative estimate of drug-likeness (QED) is 0.507. The van der Waals surface area contributed by atoms with E-state index in [1.165, 1.54) is 35.2 Å². The third-order valence-electron chi connectivity index (χ3n) is 6.02.